The maximum absolute atomic E-state index is 12.1. The Labute approximate surface area is 102 Å². The van der Waals surface area contributed by atoms with Crippen LogP contribution in [0.5, 0.6) is 0 Å². The SMILES string of the molecule is CC1NCCC1C(=O)N[C@@H](C)c1ccccn1. The minimum Gasteiger partial charge on any atom is -0.348 e. The van der Waals surface area contributed by atoms with Crippen molar-refractivity contribution in [1.29, 1.82) is 0 Å². The number of hydrogen-bond donors (Lipinski definition) is 2. The molecule has 1 fully saturated rings. The van der Waals surface area contributed by atoms with Crippen molar-refractivity contribution in [3.8, 4) is 0 Å². The molecule has 2 heterocycles. The van der Waals surface area contributed by atoms with E-state index in [0.29, 0.717) is 0 Å². The van der Waals surface area contributed by atoms with E-state index in [-0.39, 0.29) is 23.9 Å². The van der Waals surface area contributed by atoms with Gasteiger partial charge in [0.1, 0.15) is 0 Å². The molecule has 0 bridgehead atoms. The molecule has 92 valence electrons. The average molecular weight is 233 g/mol. The summed E-state index contributed by atoms with van der Waals surface area (Å²) in [4.78, 5) is 16.3. The van der Waals surface area contributed by atoms with E-state index in [4.69, 9.17) is 0 Å². The molecule has 1 aromatic heterocycles. The molecular weight excluding hydrogens is 214 g/mol. The van der Waals surface area contributed by atoms with E-state index < -0.39 is 0 Å². The van der Waals surface area contributed by atoms with Gasteiger partial charge in [-0.1, -0.05) is 6.07 Å². The fourth-order valence-corrected chi connectivity index (χ4v) is 2.24. The van der Waals surface area contributed by atoms with Crippen LogP contribution in [0.3, 0.4) is 0 Å². The molecule has 2 unspecified atom stereocenters. The van der Waals surface area contributed by atoms with Crippen LogP contribution in [0.1, 0.15) is 32.0 Å². The summed E-state index contributed by atoms with van der Waals surface area (Å²) in [5.74, 6) is 0.210. The van der Waals surface area contributed by atoms with E-state index in [1.165, 1.54) is 0 Å². The second-order valence-corrected chi connectivity index (χ2v) is 4.62. The molecule has 1 aromatic rings. The van der Waals surface area contributed by atoms with Crippen molar-refractivity contribution in [2.75, 3.05) is 6.54 Å². The molecule has 0 saturated carbocycles. The lowest BCUT2D eigenvalue weighted by Crippen LogP contribution is -2.38. The van der Waals surface area contributed by atoms with E-state index in [0.717, 1.165) is 18.7 Å². The highest BCUT2D eigenvalue weighted by Crippen LogP contribution is 2.17. The predicted molar refractivity (Wildman–Crippen MR) is 66.4 cm³/mol. The average Bonchev–Trinajstić information content (AvgIpc) is 2.76. The van der Waals surface area contributed by atoms with Crippen molar-refractivity contribution in [2.24, 2.45) is 5.92 Å². The summed E-state index contributed by atoms with van der Waals surface area (Å²) in [6, 6.07) is 5.98. The Hall–Kier alpha value is -1.42. The summed E-state index contributed by atoms with van der Waals surface area (Å²) < 4.78 is 0. The van der Waals surface area contributed by atoms with Crippen LogP contribution < -0.4 is 10.6 Å². The Morgan fingerprint density at radius 3 is 3.00 bits per heavy atom. The molecule has 17 heavy (non-hydrogen) atoms. The zero-order valence-electron chi connectivity index (χ0n) is 10.3. The quantitative estimate of drug-likeness (QED) is 0.826. The second-order valence-electron chi connectivity index (χ2n) is 4.62. The van der Waals surface area contributed by atoms with E-state index in [1.807, 2.05) is 25.1 Å². The maximum Gasteiger partial charge on any atom is 0.225 e. The molecule has 0 aromatic carbocycles. The molecule has 1 amide bonds. The normalized spacial score (nSPS) is 25.5. The largest absolute Gasteiger partial charge is 0.348 e. The van der Waals surface area contributed by atoms with Gasteiger partial charge in [0.25, 0.3) is 0 Å². The number of carbonyl (C=O) groups excluding carboxylic acids is 1. The standard InChI is InChI=1S/C13H19N3O/c1-9-11(6-8-14-9)13(17)16-10(2)12-5-3-4-7-15-12/h3-5,7,9-11,14H,6,8H2,1-2H3,(H,16,17)/t9?,10-,11?/m0/s1. The van der Waals surface area contributed by atoms with Crippen LogP contribution in [0.4, 0.5) is 0 Å². The van der Waals surface area contributed by atoms with Gasteiger partial charge in [0.05, 0.1) is 17.7 Å². The number of hydrogen-bond acceptors (Lipinski definition) is 3. The van der Waals surface area contributed by atoms with E-state index in [9.17, 15) is 4.79 Å². The molecule has 2 N–H and O–H groups in total. The van der Waals surface area contributed by atoms with Crippen molar-refractivity contribution in [3.63, 3.8) is 0 Å². The molecule has 1 saturated heterocycles. The number of carbonyl (C=O) groups is 1. The summed E-state index contributed by atoms with van der Waals surface area (Å²) in [6.45, 7) is 4.95. The lowest BCUT2D eigenvalue weighted by Gasteiger charge is -2.19. The third-order valence-electron chi connectivity index (χ3n) is 3.35. The minimum atomic E-state index is -0.0310. The number of aromatic nitrogens is 1. The van der Waals surface area contributed by atoms with Gasteiger partial charge in [-0.3, -0.25) is 9.78 Å². The molecule has 4 nitrogen and oxygen atoms in total. The smallest absolute Gasteiger partial charge is 0.225 e. The van der Waals surface area contributed by atoms with Crippen LogP contribution in [0.25, 0.3) is 0 Å². The van der Waals surface area contributed by atoms with E-state index in [1.54, 1.807) is 6.20 Å². The molecule has 0 aliphatic carbocycles. The number of rotatable bonds is 3. The Morgan fingerprint density at radius 2 is 2.41 bits per heavy atom. The summed E-state index contributed by atoms with van der Waals surface area (Å²) in [6.07, 6.45) is 2.67. The lowest BCUT2D eigenvalue weighted by molar-refractivity contribution is -0.125. The number of pyridine rings is 1. The fourth-order valence-electron chi connectivity index (χ4n) is 2.24. The van der Waals surface area contributed by atoms with Crippen LogP contribution in [0, 0.1) is 5.92 Å². The first-order valence-electron chi connectivity index (χ1n) is 6.13. The van der Waals surface area contributed by atoms with Gasteiger partial charge in [-0.05, 0) is 38.9 Å². The van der Waals surface area contributed by atoms with Crippen molar-refractivity contribution in [2.45, 2.75) is 32.4 Å². The van der Waals surface area contributed by atoms with Gasteiger partial charge in [-0.15, -0.1) is 0 Å². The number of nitrogens with zero attached hydrogens (tertiary/aromatic N) is 1. The van der Waals surface area contributed by atoms with Crippen LogP contribution >= 0.6 is 0 Å². The van der Waals surface area contributed by atoms with Gasteiger partial charge in [-0.2, -0.15) is 0 Å². The molecule has 2 rings (SSSR count). The first-order chi connectivity index (χ1) is 8.18. The van der Waals surface area contributed by atoms with Crippen molar-refractivity contribution in [1.82, 2.24) is 15.6 Å². The molecule has 0 radical (unpaired) electrons. The maximum atomic E-state index is 12.1. The van der Waals surface area contributed by atoms with Crippen molar-refractivity contribution >= 4 is 5.91 Å². The molecule has 1 aliphatic heterocycles. The van der Waals surface area contributed by atoms with Crippen molar-refractivity contribution < 1.29 is 4.79 Å². The Balaban J connectivity index is 1.95. The minimum absolute atomic E-state index is 0.0310. The zero-order valence-corrected chi connectivity index (χ0v) is 10.3. The topological polar surface area (TPSA) is 54.0 Å². The predicted octanol–water partition coefficient (Wildman–Crippen LogP) is 1.26. The molecular formula is C13H19N3O. The highest BCUT2D eigenvalue weighted by molar-refractivity contribution is 5.80. The summed E-state index contributed by atoms with van der Waals surface area (Å²) in [5.41, 5.74) is 0.902. The number of amides is 1. The number of nitrogens with one attached hydrogen (secondary N) is 2. The third kappa shape index (κ3) is 2.82. The first-order valence-corrected chi connectivity index (χ1v) is 6.13. The Bertz CT molecular complexity index is 380. The monoisotopic (exact) mass is 233 g/mol. The molecule has 0 spiro atoms. The highest BCUT2D eigenvalue weighted by Gasteiger charge is 2.30. The summed E-state index contributed by atoms with van der Waals surface area (Å²) >= 11 is 0. The van der Waals surface area contributed by atoms with Crippen LogP contribution in [0.15, 0.2) is 24.4 Å². The molecule has 3 atom stereocenters. The van der Waals surface area contributed by atoms with Gasteiger partial charge in [0, 0.05) is 12.2 Å². The van der Waals surface area contributed by atoms with Gasteiger partial charge >= 0.3 is 0 Å². The second kappa shape index (κ2) is 5.27. The zero-order chi connectivity index (χ0) is 12.3. The van der Waals surface area contributed by atoms with Gasteiger partial charge in [0.15, 0.2) is 0 Å². The lowest BCUT2D eigenvalue weighted by atomic mass is 10.0. The van der Waals surface area contributed by atoms with Gasteiger partial charge < -0.3 is 10.6 Å². The summed E-state index contributed by atoms with van der Waals surface area (Å²) in [7, 11) is 0. The Kier molecular flexibility index (Phi) is 3.74. The third-order valence-corrected chi connectivity index (χ3v) is 3.35. The van der Waals surface area contributed by atoms with Gasteiger partial charge in [-0.25, -0.2) is 0 Å². The molecule has 4 heteroatoms. The van der Waals surface area contributed by atoms with Crippen LogP contribution in [0.2, 0.25) is 0 Å². The van der Waals surface area contributed by atoms with Crippen molar-refractivity contribution in [3.05, 3.63) is 30.1 Å². The first kappa shape index (κ1) is 12.0. The van der Waals surface area contributed by atoms with Crippen LogP contribution in [-0.2, 0) is 4.79 Å². The van der Waals surface area contributed by atoms with Gasteiger partial charge in [0.2, 0.25) is 5.91 Å². The van der Waals surface area contributed by atoms with E-state index in [2.05, 4.69) is 22.5 Å². The fraction of sp³-hybridized carbons (Fsp3) is 0.538. The highest BCUT2D eigenvalue weighted by atomic mass is 16.2. The van der Waals surface area contributed by atoms with E-state index >= 15 is 0 Å². The summed E-state index contributed by atoms with van der Waals surface area (Å²) in [5, 5.41) is 6.31. The molecule has 1 aliphatic rings. The van der Waals surface area contributed by atoms with Crippen LogP contribution in [-0.4, -0.2) is 23.5 Å². The Morgan fingerprint density at radius 1 is 1.59 bits per heavy atom.